The third-order valence-corrected chi connectivity index (χ3v) is 4.42. The van der Waals surface area contributed by atoms with Gasteiger partial charge in [-0.15, -0.1) is 0 Å². The maximum absolute atomic E-state index is 11.1. The molecule has 2 aliphatic rings. The number of ether oxygens (including phenoxy) is 3. The van der Waals surface area contributed by atoms with Crippen molar-refractivity contribution in [1.82, 2.24) is 0 Å². The summed E-state index contributed by atoms with van der Waals surface area (Å²) in [6.45, 7) is 0. The predicted octanol–water partition coefficient (Wildman–Crippen LogP) is -0.794. The fourth-order valence-electron chi connectivity index (χ4n) is 2.98. The van der Waals surface area contributed by atoms with E-state index in [1.165, 1.54) is 0 Å². The van der Waals surface area contributed by atoms with Crippen LogP contribution in [0.25, 0.3) is 0 Å². The molecule has 0 aliphatic carbocycles. The van der Waals surface area contributed by atoms with Crippen LogP contribution in [0.2, 0.25) is 0 Å². The Kier molecular flexibility index (Phi) is 5.42. The first kappa shape index (κ1) is 18.6. The maximum atomic E-state index is 11.1. The summed E-state index contributed by atoms with van der Waals surface area (Å²) >= 11 is 0. The van der Waals surface area contributed by atoms with E-state index in [-0.39, 0.29) is 17.8 Å². The number of esters is 1. The minimum absolute atomic E-state index is 0.147. The Labute approximate surface area is 148 Å². The zero-order valence-electron chi connectivity index (χ0n) is 13.7. The van der Waals surface area contributed by atoms with E-state index < -0.39 is 36.7 Å². The Morgan fingerprint density at radius 2 is 1.81 bits per heavy atom. The van der Waals surface area contributed by atoms with Crippen molar-refractivity contribution in [2.24, 2.45) is 0 Å². The monoisotopic (exact) mass is 368 g/mol. The van der Waals surface area contributed by atoms with Crippen molar-refractivity contribution in [2.45, 2.75) is 56.1 Å². The van der Waals surface area contributed by atoms with Crippen LogP contribution in [-0.2, 0) is 25.5 Å². The molecule has 9 nitrogen and oxygen atoms in total. The van der Waals surface area contributed by atoms with Gasteiger partial charge in [-0.2, -0.15) is 0 Å². The van der Waals surface area contributed by atoms with Gasteiger partial charge in [0.05, 0.1) is 0 Å². The molecular formula is C17H20O9. The highest BCUT2D eigenvalue weighted by Gasteiger charge is 2.48. The molecule has 26 heavy (non-hydrogen) atoms. The first-order valence-corrected chi connectivity index (χ1v) is 8.22. The fourth-order valence-corrected chi connectivity index (χ4v) is 2.98. The molecule has 0 radical (unpaired) electrons. The van der Waals surface area contributed by atoms with Crippen molar-refractivity contribution < 1.29 is 44.2 Å². The highest BCUT2D eigenvalue weighted by atomic mass is 16.7. The molecule has 4 N–H and O–H groups in total. The summed E-state index contributed by atoms with van der Waals surface area (Å²) in [7, 11) is 0. The van der Waals surface area contributed by atoms with Crippen LogP contribution in [0, 0.1) is 0 Å². The highest BCUT2D eigenvalue weighted by Crippen LogP contribution is 2.25. The van der Waals surface area contributed by atoms with Crippen molar-refractivity contribution in [3.8, 4) is 5.75 Å². The number of carboxylic acids is 1. The number of rotatable bonds is 5. The Balaban J connectivity index is 1.62. The SMILES string of the molecule is O=C1CC[C@H](Cc2ccc(O[C@@H]3O[C@H](C(=O)O)[C@@H](O)[C@H](O)[C@H]3O)cc2)O1. The van der Waals surface area contributed by atoms with Crippen molar-refractivity contribution in [3.05, 3.63) is 29.8 Å². The average molecular weight is 368 g/mol. The van der Waals surface area contributed by atoms with Crippen molar-refractivity contribution in [1.29, 1.82) is 0 Å². The van der Waals surface area contributed by atoms with Crippen molar-refractivity contribution in [3.63, 3.8) is 0 Å². The second-order valence-corrected chi connectivity index (χ2v) is 6.35. The average Bonchev–Trinajstić information content (AvgIpc) is 3.01. The van der Waals surface area contributed by atoms with Crippen molar-refractivity contribution in [2.75, 3.05) is 0 Å². The summed E-state index contributed by atoms with van der Waals surface area (Å²) in [5, 5.41) is 38.4. The summed E-state index contributed by atoms with van der Waals surface area (Å²) in [5.74, 6) is -1.39. The zero-order chi connectivity index (χ0) is 18.8. The summed E-state index contributed by atoms with van der Waals surface area (Å²) < 4.78 is 15.6. The number of aliphatic hydroxyl groups excluding tert-OH is 3. The van der Waals surface area contributed by atoms with Gasteiger partial charge in [-0.3, -0.25) is 4.79 Å². The number of carbonyl (C=O) groups excluding carboxylic acids is 1. The van der Waals surface area contributed by atoms with Crippen LogP contribution < -0.4 is 4.74 Å². The van der Waals surface area contributed by atoms with Gasteiger partial charge in [-0.05, 0) is 24.1 Å². The third kappa shape index (κ3) is 3.96. The Morgan fingerprint density at radius 1 is 1.12 bits per heavy atom. The molecule has 0 bridgehead atoms. The number of aliphatic carboxylic acids is 1. The molecular weight excluding hydrogens is 348 g/mol. The van der Waals surface area contributed by atoms with E-state index >= 15 is 0 Å². The summed E-state index contributed by atoms with van der Waals surface area (Å²) in [6.07, 6.45) is -6.74. The van der Waals surface area contributed by atoms with Gasteiger partial charge < -0.3 is 34.6 Å². The lowest BCUT2D eigenvalue weighted by molar-refractivity contribution is -0.271. The number of cyclic esters (lactones) is 1. The lowest BCUT2D eigenvalue weighted by Crippen LogP contribution is -2.61. The Bertz CT molecular complexity index is 659. The molecule has 142 valence electrons. The molecule has 0 spiro atoms. The number of hydrogen-bond acceptors (Lipinski definition) is 8. The molecule has 2 fully saturated rings. The number of carbonyl (C=O) groups is 2. The van der Waals surface area contributed by atoms with Crippen molar-refractivity contribution >= 4 is 11.9 Å². The van der Waals surface area contributed by atoms with E-state index in [0.29, 0.717) is 19.3 Å². The molecule has 9 heteroatoms. The standard InChI is InChI=1S/C17H20O9/c18-11-6-5-10(24-11)7-8-1-3-9(4-2-8)25-17-14(21)12(19)13(20)15(26-17)16(22)23/h1-4,10,12-15,17,19-21H,5-7H2,(H,22,23)/t10-,12+,13+,14-,15+,17-/m1/s1. The zero-order valence-corrected chi connectivity index (χ0v) is 13.7. The summed E-state index contributed by atoms with van der Waals surface area (Å²) in [4.78, 5) is 22.2. The minimum atomic E-state index is -1.76. The van der Waals surface area contributed by atoms with Crippen LogP contribution >= 0.6 is 0 Å². The molecule has 2 saturated heterocycles. The van der Waals surface area contributed by atoms with Crippen LogP contribution in [0.3, 0.4) is 0 Å². The van der Waals surface area contributed by atoms with E-state index in [9.17, 15) is 24.9 Å². The topological polar surface area (TPSA) is 143 Å². The second kappa shape index (κ2) is 7.58. The Morgan fingerprint density at radius 3 is 2.38 bits per heavy atom. The van der Waals surface area contributed by atoms with Gasteiger partial charge in [0.1, 0.15) is 30.2 Å². The molecule has 1 aromatic carbocycles. The largest absolute Gasteiger partial charge is 0.479 e. The molecule has 6 atom stereocenters. The molecule has 1 aromatic rings. The van der Waals surface area contributed by atoms with Gasteiger partial charge in [0.25, 0.3) is 0 Å². The number of hydrogen-bond donors (Lipinski definition) is 4. The lowest BCUT2D eigenvalue weighted by Gasteiger charge is -2.38. The van der Waals surface area contributed by atoms with Crippen LogP contribution in [-0.4, -0.2) is 69.2 Å². The number of carboxylic acid groups (broad SMARTS) is 1. The Hall–Kier alpha value is -2.20. The van der Waals surface area contributed by atoms with E-state index in [1.54, 1.807) is 24.3 Å². The highest BCUT2D eigenvalue weighted by molar-refractivity contribution is 5.73. The first-order valence-electron chi connectivity index (χ1n) is 8.22. The molecule has 0 amide bonds. The predicted molar refractivity (Wildman–Crippen MR) is 84.2 cm³/mol. The molecule has 2 heterocycles. The van der Waals surface area contributed by atoms with Crippen LogP contribution in [0.4, 0.5) is 0 Å². The normalized spacial score (nSPS) is 34.3. The van der Waals surface area contributed by atoms with Crippen LogP contribution in [0.5, 0.6) is 5.75 Å². The maximum Gasteiger partial charge on any atom is 0.335 e. The molecule has 3 rings (SSSR count). The van der Waals surface area contributed by atoms with Gasteiger partial charge in [-0.1, -0.05) is 12.1 Å². The second-order valence-electron chi connectivity index (χ2n) is 6.35. The van der Waals surface area contributed by atoms with Gasteiger partial charge in [-0.25, -0.2) is 4.79 Å². The quantitative estimate of drug-likeness (QED) is 0.491. The number of benzene rings is 1. The first-order chi connectivity index (χ1) is 12.3. The molecule has 0 saturated carbocycles. The van der Waals surface area contributed by atoms with E-state index in [2.05, 4.69) is 0 Å². The van der Waals surface area contributed by atoms with Gasteiger partial charge >= 0.3 is 11.9 Å². The molecule has 0 unspecified atom stereocenters. The van der Waals surface area contributed by atoms with Gasteiger partial charge in [0.2, 0.25) is 6.29 Å². The van der Waals surface area contributed by atoms with Crippen LogP contribution in [0.1, 0.15) is 18.4 Å². The van der Waals surface area contributed by atoms with Gasteiger partial charge in [0.15, 0.2) is 6.10 Å². The summed E-state index contributed by atoms with van der Waals surface area (Å²) in [6, 6.07) is 6.68. The van der Waals surface area contributed by atoms with E-state index in [1.807, 2.05) is 0 Å². The smallest absolute Gasteiger partial charge is 0.335 e. The van der Waals surface area contributed by atoms with Crippen LogP contribution in [0.15, 0.2) is 24.3 Å². The molecule has 0 aromatic heterocycles. The van der Waals surface area contributed by atoms with Gasteiger partial charge in [0, 0.05) is 12.8 Å². The van der Waals surface area contributed by atoms with E-state index in [4.69, 9.17) is 19.3 Å². The lowest BCUT2D eigenvalue weighted by atomic mass is 9.99. The molecule has 2 aliphatic heterocycles. The minimum Gasteiger partial charge on any atom is -0.479 e. The van der Waals surface area contributed by atoms with E-state index in [0.717, 1.165) is 5.56 Å². The third-order valence-electron chi connectivity index (χ3n) is 4.42. The number of aliphatic hydroxyl groups is 3. The summed E-state index contributed by atoms with van der Waals surface area (Å²) in [5.41, 5.74) is 0.918. The fraction of sp³-hybridized carbons (Fsp3) is 0.529.